The van der Waals surface area contributed by atoms with Gasteiger partial charge in [-0.05, 0) is 36.8 Å². The SMILES string of the molecule is CCOc1ccccc1NC(=O)CSc1nc(Cc2ccc(Cl)cc2)n(N)c(=O)n1. The molecule has 10 heteroatoms. The Balaban J connectivity index is 1.68. The van der Waals surface area contributed by atoms with E-state index >= 15 is 0 Å². The number of hydrogen-bond donors (Lipinski definition) is 2. The molecule has 3 rings (SSSR count). The molecule has 30 heavy (non-hydrogen) atoms. The van der Waals surface area contributed by atoms with Crippen LogP contribution in [-0.4, -0.2) is 32.9 Å². The van der Waals surface area contributed by atoms with Gasteiger partial charge in [-0.15, -0.1) is 0 Å². The number of hydrogen-bond acceptors (Lipinski definition) is 7. The number of halogens is 1. The summed E-state index contributed by atoms with van der Waals surface area (Å²) < 4.78 is 6.40. The number of thioether (sulfide) groups is 1. The second-order valence-corrected chi connectivity index (χ2v) is 7.52. The molecule has 0 atom stereocenters. The highest BCUT2D eigenvalue weighted by Gasteiger charge is 2.13. The minimum atomic E-state index is -0.640. The molecule has 2 aromatic carbocycles. The van der Waals surface area contributed by atoms with Gasteiger partial charge in [-0.1, -0.05) is 47.6 Å². The molecule has 1 aromatic heterocycles. The number of ether oxygens (including phenoxy) is 1. The topological polar surface area (TPSA) is 112 Å². The van der Waals surface area contributed by atoms with Crippen molar-refractivity contribution in [2.45, 2.75) is 18.5 Å². The lowest BCUT2D eigenvalue weighted by atomic mass is 10.1. The van der Waals surface area contributed by atoms with Crippen molar-refractivity contribution in [3.63, 3.8) is 0 Å². The maximum atomic E-state index is 12.3. The number of benzene rings is 2. The highest BCUT2D eigenvalue weighted by atomic mass is 35.5. The van der Waals surface area contributed by atoms with Crippen LogP contribution >= 0.6 is 23.4 Å². The number of amides is 1. The van der Waals surface area contributed by atoms with Crippen LogP contribution in [0.5, 0.6) is 5.75 Å². The van der Waals surface area contributed by atoms with Crippen molar-refractivity contribution in [2.75, 3.05) is 23.5 Å². The van der Waals surface area contributed by atoms with Gasteiger partial charge >= 0.3 is 5.69 Å². The lowest BCUT2D eigenvalue weighted by Crippen LogP contribution is -2.34. The Kier molecular flexibility index (Phi) is 7.31. The molecule has 0 unspecified atom stereocenters. The molecule has 1 heterocycles. The predicted octanol–water partition coefficient (Wildman–Crippen LogP) is 2.73. The number of rotatable bonds is 8. The first-order chi connectivity index (χ1) is 14.5. The molecule has 3 N–H and O–H groups in total. The van der Waals surface area contributed by atoms with Crippen molar-refractivity contribution in [1.29, 1.82) is 0 Å². The van der Waals surface area contributed by atoms with Crippen molar-refractivity contribution in [3.05, 3.63) is 75.4 Å². The van der Waals surface area contributed by atoms with E-state index in [0.29, 0.717) is 35.3 Å². The Labute approximate surface area is 182 Å². The largest absolute Gasteiger partial charge is 0.492 e. The number of para-hydroxylation sites is 2. The molecule has 0 aliphatic rings. The van der Waals surface area contributed by atoms with Crippen LogP contribution in [0.25, 0.3) is 0 Å². The van der Waals surface area contributed by atoms with Gasteiger partial charge in [-0.2, -0.15) is 9.66 Å². The molecule has 0 spiro atoms. The summed E-state index contributed by atoms with van der Waals surface area (Å²) in [6, 6.07) is 14.3. The molecule has 0 bridgehead atoms. The average Bonchev–Trinajstić information content (AvgIpc) is 2.73. The van der Waals surface area contributed by atoms with Crippen LogP contribution in [0.2, 0.25) is 5.02 Å². The number of nitrogens with zero attached hydrogens (tertiary/aromatic N) is 3. The van der Waals surface area contributed by atoms with Crippen LogP contribution < -0.4 is 21.6 Å². The summed E-state index contributed by atoms with van der Waals surface area (Å²) in [7, 11) is 0. The third kappa shape index (κ3) is 5.74. The van der Waals surface area contributed by atoms with E-state index < -0.39 is 5.69 Å². The predicted molar refractivity (Wildman–Crippen MR) is 118 cm³/mol. The Bertz CT molecular complexity index is 1090. The van der Waals surface area contributed by atoms with Crippen LogP contribution in [-0.2, 0) is 11.2 Å². The number of carbonyl (C=O) groups is 1. The summed E-state index contributed by atoms with van der Waals surface area (Å²) in [4.78, 5) is 32.6. The van der Waals surface area contributed by atoms with Gasteiger partial charge in [0.2, 0.25) is 5.91 Å². The fraction of sp³-hybridized carbons (Fsp3) is 0.200. The summed E-state index contributed by atoms with van der Waals surface area (Å²) >= 11 is 6.95. The second-order valence-electron chi connectivity index (χ2n) is 6.14. The molecule has 0 aliphatic heterocycles. The molecule has 0 saturated carbocycles. The molecule has 156 valence electrons. The van der Waals surface area contributed by atoms with Gasteiger partial charge in [-0.3, -0.25) is 4.79 Å². The second kappa shape index (κ2) is 10.1. The van der Waals surface area contributed by atoms with E-state index in [0.717, 1.165) is 22.0 Å². The zero-order valence-electron chi connectivity index (χ0n) is 16.2. The van der Waals surface area contributed by atoms with Crippen molar-refractivity contribution >= 4 is 35.0 Å². The van der Waals surface area contributed by atoms with Gasteiger partial charge in [0.15, 0.2) is 5.16 Å². The Hall–Kier alpha value is -3.04. The van der Waals surface area contributed by atoms with Gasteiger partial charge in [0.05, 0.1) is 18.0 Å². The first kappa shape index (κ1) is 21.7. The number of aromatic nitrogens is 3. The first-order valence-corrected chi connectivity index (χ1v) is 10.5. The average molecular weight is 446 g/mol. The third-order valence-corrected chi connectivity index (χ3v) is 5.07. The summed E-state index contributed by atoms with van der Waals surface area (Å²) in [6.07, 6.45) is 0.326. The molecule has 0 fully saturated rings. The molecule has 1 amide bonds. The van der Waals surface area contributed by atoms with E-state index in [1.807, 2.05) is 25.1 Å². The van der Waals surface area contributed by atoms with Crippen LogP contribution in [0.1, 0.15) is 18.3 Å². The fourth-order valence-corrected chi connectivity index (χ4v) is 3.35. The quantitative estimate of drug-likeness (QED) is 0.405. The van der Waals surface area contributed by atoms with E-state index in [9.17, 15) is 9.59 Å². The maximum Gasteiger partial charge on any atom is 0.370 e. The van der Waals surface area contributed by atoms with Gasteiger partial charge in [0.1, 0.15) is 11.6 Å². The molecular formula is C20H20ClN5O3S. The number of carbonyl (C=O) groups excluding carboxylic acids is 1. The fourth-order valence-electron chi connectivity index (χ4n) is 2.58. The minimum Gasteiger partial charge on any atom is -0.492 e. The van der Waals surface area contributed by atoms with E-state index in [2.05, 4.69) is 15.3 Å². The van der Waals surface area contributed by atoms with Gasteiger partial charge in [0, 0.05) is 11.4 Å². The Morgan fingerprint density at radius 1 is 1.20 bits per heavy atom. The number of nitrogen functional groups attached to an aromatic ring is 1. The van der Waals surface area contributed by atoms with Gasteiger partial charge in [0.25, 0.3) is 0 Å². The first-order valence-electron chi connectivity index (χ1n) is 9.10. The number of nitrogens with two attached hydrogens (primary N) is 1. The highest BCUT2D eigenvalue weighted by molar-refractivity contribution is 7.99. The van der Waals surface area contributed by atoms with E-state index in [1.54, 1.807) is 30.3 Å². The van der Waals surface area contributed by atoms with Crippen LogP contribution in [0.15, 0.2) is 58.5 Å². The minimum absolute atomic E-state index is 0.0227. The summed E-state index contributed by atoms with van der Waals surface area (Å²) in [5, 5.41) is 3.58. The standard InChI is InChI=1S/C20H20ClN5O3S/c1-2-29-16-6-4-3-5-15(16)23-18(27)12-30-19-24-17(26(22)20(28)25-19)11-13-7-9-14(21)10-8-13/h3-10H,2,11-12,22H2,1H3,(H,23,27). The zero-order chi connectivity index (χ0) is 21.5. The van der Waals surface area contributed by atoms with E-state index in [4.69, 9.17) is 22.2 Å². The van der Waals surface area contributed by atoms with Crippen molar-refractivity contribution in [2.24, 2.45) is 0 Å². The smallest absolute Gasteiger partial charge is 0.370 e. The summed E-state index contributed by atoms with van der Waals surface area (Å²) in [6.45, 7) is 2.36. The molecule has 3 aromatic rings. The third-order valence-electron chi connectivity index (χ3n) is 3.97. The molecular weight excluding hydrogens is 426 g/mol. The zero-order valence-corrected chi connectivity index (χ0v) is 17.7. The molecule has 0 aliphatic carbocycles. The van der Waals surface area contributed by atoms with Crippen LogP contribution in [0.3, 0.4) is 0 Å². The number of nitrogens with one attached hydrogen (secondary N) is 1. The van der Waals surface area contributed by atoms with E-state index in [-0.39, 0.29) is 16.8 Å². The summed E-state index contributed by atoms with van der Waals surface area (Å²) in [5.74, 6) is 6.46. The summed E-state index contributed by atoms with van der Waals surface area (Å²) in [5.41, 5.74) is 0.822. The van der Waals surface area contributed by atoms with Crippen LogP contribution in [0, 0.1) is 0 Å². The van der Waals surface area contributed by atoms with Gasteiger partial charge < -0.3 is 15.9 Å². The maximum absolute atomic E-state index is 12.3. The van der Waals surface area contributed by atoms with Crippen molar-refractivity contribution in [1.82, 2.24) is 14.6 Å². The van der Waals surface area contributed by atoms with E-state index in [1.165, 1.54) is 0 Å². The lowest BCUT2D eigenvalue weighted by Gasteiger charge is -2.11. The Morgan fingerprint density at radius 3 is 2.67 bits per heavy atom. The monoisotopic (exact) mass is 445 g/mol. The van der Waals surface area contributed by atoms with Crippen molar-refractivity contribution in [3.8, 4) is 5.75 Å². The molecule has 8 nitrogen and oxygen atoms in total. The molecule has 0 radical (unpaired) electrons. The normalized spacial score (nSPS) is 10.6. The number of anilines is 1. The van der Waals surface area contributed by atoms with Crippen LogP contribution in [0.4, 0.5) is 5.69 Å². The Morgan fingerprint density at radius 2 is 1.93 bits per heavy atom. The van der Waals surface area contributed by atoms with Gasteiger partial charge in [-0.25, -0.2) is 9.78 Å². The molecule has 0 saturated heterocycles. The lowest BCUT2D eigenvalue weighted by molar-refractivity contribution is -0.113. The van der Waals surface area contributed by atoms with Crippen molar-refractivity contribution < 1.29 is 9.53 Å². The highest BCUT2D eigenvalue weighted by Crippen LogP contribution is 2.24.